The van der Waals surface area contributed by atoms with Crippen molar-refractivity contribution in [1.29, 1.82) is 0 Å². The predicted octanol–water partition coefficient (Wildman–Crippen LogP) is 2.11. The van der Waals surface area contributed by atoms with Crippen LogP contribution in [-0.2, 0) is 4.74 Å². The summed E-state index contributed by atoms with van der Waals surface area (Å²) in [6, 6.07) is 0. The second-order valence-electron chi connectivity index (χ2n) is 5.12. The minimum atomic E-state index is 0.794. The molecule has 0 aromatic carbocycles. The van der Waals surface area contributed by atoms with Gasteiger partial charge in [-0.05, 0) is 25.2 Å². The smallest absolute Gasteiger partial charge is 0.193 e. The van der Waals surface area contributed by atoms with Crippen LogP contribution < -0.4 is 5.32 Å². The van der Waals surface area contributed by atoms with Gasteiger partial charge in [-0.2, -0.15) is 0 Å². The fourth-order valence-electron chi connectivity index (χ4n) is 1.80. The van der Waals surface area contributed by atoms with Gasteiger partial charge in [0, 0.05) is 33.8 Å². The zero-order valence-corrected chi connectivity index (χ0v) is 12.2. The van der Waals surface area contributed by atoms with Gasteiger partial charge in [0.15, 0.2) is 5.96 Å². The predicted molar refractivity (Wildman–Crippen MR) is 77.1 cm³/mol. The third kappa shape index (κ3) is 6.84. The number of rotatable bonds is 9. The Kier molecular flexibility index (Phi) is 7.81. The van der Waals surface area contributed by atoms with Crippen LogP contribution in [0, 0.1) is 5.92 Å². The second kappa shape index (κ2) is 9.20. The van der Waals surface area contributed by atoms with Crippen LogP contribution in [0.3, 0.4) is 0 Å². The number of aliphatic imine (C=N–C) groups is 1. The van der Waals surface area contributed by atoms with E-state index in [-0.39, 0.29) is 0 Å². The van der Waals surface area contributed by atoms with Gasteiger partial charge in [0.25, 0.3) is 0 Å². The van der Waals surface area contributed by atoms with Crippen LogP contribution in [0.15, 0.2) is 4.99 Å². The van der Waals surface area contributed by atoms with Crippen molar-refractivity contribution in [2.24, 2.45) is 10.9 Å². The van der Waals surface area contributed by atoms with E-state index in [9.17, 15) is 0 Å². The first-order chi connectivity index (χ1) is 8.77. The standard InChI is InChI=1S/C14H29N3O/c1-4-5-6-9-16-14(15-2)17(3)10-11-18-12-13-7-8-13/h13H,4-12H2,1-3H3,(H,15,16). The molecule has 4 heteroatoms. The maximum absolute atomic E-state index is 5.64. The summed E-state index contributed by atoms with van der Waals surface area (Å²) < 4.78 is 5.64. The van der Waals surface area contributed by atoms with Crippen molar-refractivity contribution in [3.63, 3.8) is 0 Å². The number of unbranched alkanes of at least 4 members (excludes halogenated alkanes) is 2. The van der Waals surface area contributed by atoms with Gasteiger partial charge in [0.05, 0.1) is 6.61 Å². The van der Waals surface area contributed by atoms with Crippen LogP contribution in [0.4, 0.5) is 0 Å². The van der Waals surface area contributed by atoms with E-state index in [1.54, 1.807) is 0 Å². The van der Waals surface area contributed by atoms with Crippen LogP contribution in [-0.4, -0.2) is 51.3 Å². The minimum Gasteiger partial charge on any atom is -0.379 e. The van der Waals surface area contributed by atoms with E-state index < -0.39 is 0 Å². The minimum absolute atomic E-state index is 0.794. The summed E-state index contributed by atoms with van der Waals surface area (Å²) in [7, 11) is 3.90. The Hall–Kier alpha value is -0.770. The fourth-order valence-corrected chi connectivity index (χ4v) is 1.80. The quantitative estimate of drug-likeness (QED) is 0.389. The lowest BCUT2D eigenvalue weighted by Crippen LogP contribution is -2.40. The summed E-state index contributed by atoms with van der Waals surface area (Å²) in [6.07, 6.45) is 6.46. The average Bonchev–Trinajstić information content (AvgIpc) is 3.18. The van der Waals surface area contributed by atoms with Gasteiger partial charge < -0.3 is 15.0 Å². The van der Waals surface area contributed by atoms with Crippen LogP contribution in [0.2, 0.25) is 0 Å². The Balaban J connectivity index is 2.05. The molecular formula is C14H29N3O. The molecule has 1 rings (SSSR count). The highest BCUT2D eigenvalue weighted by atomic mass is 16.5. The number of likely N-dealkylation sites (N-methyl/N-ethyl adjacent to an activating group) is 1. The highest BCUT2D eigenvalue weighted by molar-refractivity contribution is 5.79. The molecule has 1 N–H and O–H groups in total. The number of nitrogens with zero attached hydrogens (tertiary/aromatic N) is 2. The van der Waals surface area contributed by atoms with E-state index in [2.05, 4.69) is 29.2 Å². The lowest BCUT2D eigenvalue weighted by atomic mass is 10.2. The zero-order valence-electron chi connectivity index (χ0n) is 12.2. The van der Waals surface area contributed by atoms with E-state index >= 15 is 0 Å². The molecule has 1 aliphatic rings. The third-order valence-electron chi connectivity index (χ3n) is 3.26. The molecule has 4 nitrogen and oxygen atoms in total. The molecule has 0 aromatic heterocycles. The van der Waals surface area contributed by atoms with Gasteiger partial charge in [-0.3, -0.25) is 4.99 Å². The summed E-state index contributed by atoms with van der Waals surface area (Å²) in [4.78, 5) is 6.43. The van der Waals surface area contributed by atoms with Gasteiger partial charge >= 0.3 is 0 Å². The summed E-state index contributed by atoms with van der Waals surface area (Å²) in [6.45, 7) is 5.87. The van der Waals surface area contributed by atoms with E-state index in [4.69, 9.17) is 4.74 Å². The van der Waals surface area contributed by atoms with Crippen molar-refractivity contribution in [1.82, 2.24) is 10.2 Å². The van der Waals surface area contributed by atoms with Crippen molar-refractivity contribution in [3.05, 3.63) is 0 Å². The van der Waals surface area contributed by atoms with Gasteiger partial charge in [-0.25, -0.2) is 0 Å². The number of guanidine groups is 1. The van der Waals surface area contributed by atoms with E-state index in [0.717, 1.165) is 38.2 Å². The monoisotopic (exact) mass is 255 g/mol. The molecule has 0 unspecified atom stereocenters. The van der Waals surface area contributed by atoms with Crippen molar-refractivity contribution in [2.45, 2.75) is 39.0 Å². The summed E-state index contributed by atoms with van der Waals surface area (Å²) in [5.41, 5.74) is 0. The number of ether oxygens (including phenoxy) is 1. The van der Waals surface area contributed by atoms with Crippen molar-refractivity contribution < 1.29 is 4.74 Å². The largest absolute Gasteiger partial charge is 0.379 e. The molecule has 1 aliphatic carbocycles. The van der Waals surface area contributed by atoms with E-state index in [1.165, 1.54) is 32.1 Å². The van der Waals surface area contributed by atoms with Gasteiger partial charge in [-0.1, -0.05) is 19.8 Å². The van der Waals surface area contributed by atoms with Crippen LogP contribution >= 0.6 is 0 Å². The Morgan fingerprint density at radius 1 is 1.39 bits per heavy atom. The molecule has 106 valence electrons. The Morgan fingerprint density at radius 2 is 2.17 bits per heavy atom. The molecule has 0 heterocycles. The normalized spacial score (nSPS) is 15.8. The van der Waals surface area contributed by atoms with Gasteiger partial charge in [0.2, 0.25) is 0 Å². The Bertz CT molecular complexity index is 239. The van der Waals surface area contributed by atoms with Crippen LogP contribution in [0.5, 0.6) is 0 Å². The number of nitrogens with one attached hydrogen (secondary N) is 1. The topological polar surface area (TPSA) is 36.9 Å². The molecule has 0 amide bonds. The number of hydrogen-bond acceptors (Lipinski definition) is 2. The fraction of sp³-hybridized carbons (Fsp3) is 0.929. The van der Waals surface area contributed by atoms with Crippen molar-refractivity contribution >= 4 is 5.96 Å². The molecule has 0 aromatic rings. The van der Waals surface area contributed by atoms with Crippen LogP contribution in [0.25, 0.3) is 0 Å². The molecule has 0 saturated heterocycles. The first-order valence-electron chi connectivity index (χ1n) is 7.27. The molecule has 18 heavy (non-hydrogen) atoms. The molecule has 0 aliphatic heterocycles. The molecule has 0 radical (unpaired) electrons. The second-order valence-corrected chi connectivity index (χ2v) is 5.12. The SMILES string of the molecule is CCCCCNC(=NC)N(C)CCOCC1CC1. The molecule has 1 fully saturated rings. The van der Waals surface area contributed by atoms with Crippen molar-refractivity contribution in [2.75, 3.05) is 40.4 Å². The molecule has 0 spiro atoms. The van der Waals surface area contributed by atoms with Gasteiger partial charge in [0.1, 0.15) is 0 Å². The maximum atomic E-state index is 5.64. The molecule has 1 saturated carbocycles. The van der Waals surface area contributed by atoms with Gasteiger partial charge in [-0.15, -0.1) is 0 Å². The summed E-state index contributed by atoms with van der Waals surface area (Å²) in [5.74, 6) is 1.82. The first kappa shape index (κ1) is 15.3. The first-order valence-corrected chi connectivity index (χ1v) is 7.27. The summed E-state index contributed by atoms with van der Waals surface area (Å²) >= 11 is 0. The van der Waals surface area contributed by atoms with Crippen molar-refractivity contribution in [3.8, 4) is 0 Å². The number of hydrogen-bond donors (Lipinski definition) is 1. The summed E-state index contributed by atoms with van der Waals surface area (Å²) in [5, 5.41) is 3.39. The maximum Gasteiger partial charge on any atom is 0.193 e. The Labute approximate surface area is 112 Å². The third-order valence-corrected chi connectivity index (χ3v) is 3.26. The highest BCUT2D eigenvalue weighted by Gasteiger charge is 2.21. The van der Waals surface area contributed by atoms with E-state index in [1.807, 2.05) is 7.05 Å². The average molecular weight is 255 g/mol. The van der Waals surface area contributed by atoms with E-state index in [0.29, 0.717) is 0 Å². The molecule has 0 atom stereocenters. The van der Waals surface area contributed by atoms with Crippen LogP contribution in [0.1, 0.15) is 39.0 Å². The Morgan fingerprint density at radius 3 is 2.78 bits per heavy atom. The lowest BCUT2D eigenvalue weighted by molar-refractivity contribution is 0.115. The zero-order chi connectivity index (χ0) is 13.2. The molecular weight excluding hydrogens is 226 g/mol. The molecule has 0 bridgehead atoms. The highest BCUT2D eigenvalue weighted by Crippen LogP contribution is 2.28. The lowest BCUT2D eigenvalue weighted by Gasteiger charge is -2.22.